The summed E-state index contributed by atoms with van der Waals surface area (Å²) in [6.45, 7) is 1.40. The number of anilines is 1. The summed E-state index contributed by atoms with van der Waals surface area (Å²) in [6, 6.07) is 5.50. The third-order valence-electron chi connectivity index (χ3n) is 3.13. The van der Waals surface area contributed by atoms with Crippen molar-refractivity contribution in [2.75, 3.05) is 38.3 Å². The number of carbonyl (C=O) groups excluding carboxylic acids is 2. The van der Waals surface area contributed by atoms with Crippen LogP contribution in [0, 0.1) is 0 Å². The maximum absolute atomic E-state index is 12.3. The predicted molar refractivity (Wildman–Crippen MR) is 81.3 cm³/mol. The van der Waals surface area contributed by atoms with E-state index in [2.05, 4.69) is 10.6 Å². The minimum atomic E-state index is -0.0356. The average Bonchev–Trinajstić information content (AvgIpc) is 2.63. The lowest BCUT2D eigenvalue weighted by Gasteiger charge is -2.18. The first-order valence-electron chi connectivity index (χ1n) is 6.58. The molecule has 20 heavy (non-hydrogen) atoms. The van der Waals surface area contributed by atoms with Crippen LogP contribution >= 0.6 is 11.8 Å². The van der Waals surface area contributed by atoms with Gasteiger partial charge in [0.2, 0.25) is 5.91 Å². The lowest BCUT2D eigenvalue weighted by atomic mass is 10.1. The highest BCUT2D eigenvalue weighted by atomic mass is 32.2. The first-order valence-corrected chi connectivity index (χ1v) is 7.57. The molecule has 0 radical (unpaired) electrons. The van der Waals surface area contributed by atoms with Gasteiger partial charge < -0.3 is 15.5 Å². The highest BCUT2D eigenvalue weighted by Crippen LogP contribution is 2.31. The van der Waals surface area contributed by atoms with Gasteiger partial charge in [-0.2, -0.15) is 0 Å². The Morgan fingerprint density at radius 2 is 2.30 bits per heavy atom. The molecule has 1 heterocycles. The molecule has 0 aliphatic carbocycles. The second kappa shape index (κ2) is 6.76. The van der Waals surface area contributed by atoms with Crippen molar-refractivity contribution in [3.63, 3.8) is 0 Å². The molecule has 6 heteroatoms. The van der Waals surface area contributed by atoms with Crippen LogP contribution in [0.15, 0.2) is 23.1 Å². The van der Waals surface area contributed by atoms with Crippen LogP contribution in [0.3, 0.4) is 0 Å². The van der Waals surface area contributed by atoms with Crippen molar-refractivity contribution in [3.05, 3.63) is 23.8 Å². The van der Waals surface area contributed by atoms with Crippen LogP contribution in [-0.2, 0) is 4.79 Å². The fourth-order valence-corrected chi connectivity index (χ4v) is 2.89. The Morgan fingerprint density at radius 1 is 1.50 bits per heavy atom. The summed E-state index contributed by atoms with van der Waals surface area (Å²) in [7, 11) is 3.63. The molecular formula is C14H19N3O2S. The highest BCUT2D eigenvalue weighted by Gasteiger charge is 2.17. The van der Waals surface area contributed by atoms with Crippen LogP contribution in [0.5, 0.6) is 0 Å². The number of nitrogens with zero attached hydrogens (tertiary/aromatic N) is 1. The number of likely N-dealkylation sites (N-methyl/N-ethyl adjacent to an activating group) is 2. The number of nitrogens with one attached hydrogen (secondary N) is 2. The molecule has 1 aromatic carbocycles. The maximum Gasteiger partial charge on any atom is 0.253 e. The molecule has 0 aromatic heterocycles. The van der Waals surface area contributed by atoms with Crippen molar-refractivity contribution in [1.29, 1.82) is 0 Å². The smallest absolute Gasteiger partial charge is 0.253 e. The standard InChI is InChI=1S/C14H19N3O2S/c1-15-6-7-17(2)14(19)10-3-4-12-11(9-10)16-13(18)5-8-20-12/h3-4,9,15H,5-8H2,1-2H3,(H,16,18). The molecule has 1 aliphatic heterocycles. The molecule has 0 unspecified atom stereocenters. The molecule has 2 rings (SSSR count). The Kier molecular flexibility index (Phi) is 5.03. The van der Waals surface area contributed by atoms with Gasteiger partial charge in [0, 0.05) is 42.8 Å². The molecule has 2 amide bonds. The third-order valence-corrected chi connectivity index (χ3v) is 4.21. The van der Waals surface area contributed by atoms with E-state index in [9.17, 15) is 9.59 Å². The quantitative estimate of drug-likeness (QED) is 0.881. The molecular weight excluding hydrogens is 274 g/mol. The van der Waals surface area contributed by atoms with Gasteiger partial charge in [-0.3, -0.25) is 9.59 Å². The van der Waals surface area contributed by atoms with E-state index >= 15 is 0 Å². The summed E-state index contributed by atoms with van der Waals surface area (Å²) >= 11 is 1.64. The number of fused-ring (bicyclic) bond motifs is 1. The number of thioether (sulfide) groups is 1. The van der Waals surface area contributed by atoms with Gasteiger partial charge in [0.25, 0.3) is 5.91 Å². The lowest BCUT2D eigenvalue weighted by molar-refractivity contribution is -0.115. The second-order valence-electron chi connectivity index (χ2n) is 4.69. The van der Waals surface area contributed by atoms with E-state index in [-0.39, 0.29) is 11.8 Å². The Bertz CT molecular complexity index is 519. The monoisotopic (exact) mass is 293 g/mol. The molecule has 1 aliphatic rings. The molecule has 0 fully saturated rings. The van der Waals surface area contributed by atoms with Crippen molar-refractivity contribution in [2.45, 2.75) is 11.3 Å². The summed E-state index contributed by atoms with van der Waals surface area (Å²) in [5.74, 6) is 0.740. The number of hydrogen-bond acceptors (Lipinski definition) is 4. The minimum Gasteiger partial charge on any atom is -0.340 e. The van der Waals surface area contributed by atoms with Crippen LogP contribution in [0.25, 0.3) is 0 Å². The summed E-state index contributed by atoms with van der Waals surface area (Å²) in [5.41, 5.74) is 1.34. The SMILES string of the molecule is CNCCN(C)C(=O)c1ccc2c(c1)NC(=O)CCS2. The van der Waals surface area contributed by atoms with Crippen LogP contribution < -0.4 is 10.6 Å². The molecule has 1 aromatic rings. The van der Waals surface area contributed by atoms with Crippen molar-refractivity contribution < 1.29 is 9.59 Å². The Hall–Kier alpha value is -1.53. The van der Waals surface area contributed by atoms with Gasteiger partial charge in [0.1, 0.15) is 0 Å². The summed E-state index contributed by atoms with van der Waals surface area (Å²) in [4.78, 5) is 26.5. The Balaban J connectivity index is 2.17. The highest BCUT2D eigenvalue weighted by molar-refractivity contribution is 7.99. The van der Waals surface area contributed by atoms with Gasteiger partial charge in [0.05, 0.1) is 5.69 Å². The fraction of sp³-hybridized carbons (Fsp3) is 0.429. The van der Waals surface area contributed by atoms with Crippen molar-refractivity contribution >= 4 is 29.3 Å². The van der Waals surface area contributed by atoms with E-state index in [0.717, 1.165) is 22.9 Å². The lowest BCUT2D eigenvalue weighted by Crippen LogP contribution is -2.32. The van der Waals surface area contributed by atoms with Gasteiger partial charge in [-0.15, -0.1) is 11.8 Å². The fourth-order valence-electron chi connectivity index (χ4n) is 1.95. The maximum atomic E-state index is 12.3. The molecule has 108 valence electrons. The normalized spacial score (nSPS) is 14.2. The van der Waals surface area contributed by atoms with Gasteiger partial charge in [-0.1, -0.05) is 0 Å². The third kappa shape index (κ3) is 3.52. The molecule has 0 saturated carbocycles. The number of benzene rings is 1. The molecule has 2 N–H and O–H groups in total. The van der Waals surface area contributed by atoms with E-state index < -0.39 is 0 Å². The van der Waals surface area contributed by atoms with E-state index in [1.54, 1.807) is 29.8 Å². The number of carbonyl (C=O) groups is 2. The summed E-state index contributed by atoms with van der Waals surface area (Å²) in [5, 5.41) is 5.87. The minimum absolute atomic E-state index is 0.00406. The summed E-state index contributed by atoms with van der Waals surface area (Å²) < 4.78 is 0. The zero-order chi connectivity index (χ0) is 14.5. The second-order valence-corrected chi connectivity index (χ2v) is 5.82. The molecule has 0 spiro atoms. The van der Waals surface area contributed by atoms with Gasteiger partial charge in [-0.05, 0) is 25.2 Å². The first kappa shape index (κ1) is 14.9. The Morgan fingerprint density at radius 3 is 3.05 bits per heavy atom. The zero-order valence-electron chi connectivity index (χ0n) is 11.7. The largest absolute Gasteiger partial charge is 0.340 e. The molecule has 0 bridgehead atoms. The van der Waals surface area contributed by atoms with E-state index in [1.165, 1.54) is 0 Å². The molecule has 0 atom stereocenters. The van der Waals surface area contributed by atoms with Crippen LogP contribution in [0.4, 0.5) is 5.69 Å². The van der Waals surface area contributed by atoms with Crippen LogP contribution in [-0.4, -0.2) is 49.7 Å². The molecule has 0 saturated heterocycles. The predicted octanol–water partition coefficient (Wildman–Crippen LogP) is 1.41. The van der Waals surface area contributed by atoms with Gasteiger partial charge in [-0.25, -0.2) is 0 Å². The Labute approximate surface area is 123 Å². The average molecular weight is 293 g/mol. The van der Waals surface area contributed by atoms with Crippen molar-refractivity contribution in [2.24, 2.45) is 0 Å². The number of rotatable bonds is 4. The van der Waals surface area contributed by atoms with Crippen molar-refractivity contribution in [3.8, 4) is 0 Å². The van der Waals surface area contributed by atoms with E-state index in [1.807, 2.05) is 19.2 Å². The van der Waals surface area contributed by atoms with Gasteiger partial charge in [0.15, 0.2) is 0 Å². The number of hydrogen-bond donors (Lipinski definition) is 2. The zero-order valence-corrected chi connectivity index (χ0v) is 12.5. The van der Waals surface area contributed by atoms with Crippen LogP contribution in [0.2, 0.25) is 0 Å². The van der Waals surface area contributed by atoms with Crippen LogP contribution in [0.1, 0.15) is 16.8 Å². The van der Waals surface area contributed by atoms with E-state index in [0.29, 0.717) is 18.5 Å². The topological polar surface area (TPSA) is 61.4 Å². The molecule has 5 nitrogen and oxygen atoms in total. The van der Waals surface area contributed by atoms with Gasteiger partial charge >= 0.3 is 0 Å². The number of amides is 2. The van der Waals surface area contributed by atoms with E-state index in [4.69, 9.17) is 0 Å². The summed E-state index contributed by atoms with van der Waals surface area (Å²) in [6.07, 6.45) is 0.505. The van der Waals surface area contributed by atoms with Crippen molar-refractivity contribution in [1.82, 2.24) is 10.2 Å². The first-order chi connectivity index (χ1) is 9.61.